The minimum atomic E-state index is 0.594. The summed E-state index contributed by atoms with van der Waals surface area (Å²) in [5.74, 6) is 2.37. The summed E-state index contributed by atoms with van der Waals surface area (Å²) in [5.41, 5.74) is 7.05. The fourth-order valence-electron chi connectivity index (χ4n) is 3.01. The molecule has 0 saturated carbocycles. The van der Waals surface area contributed by atoms with Crippen molar-refractivity contribution >= 4 is 0 Å². The van der Waals surface area contributed by atoms with Gasteiger partial charge in [-0.1, -0.05) is 32.0 Å². The molecule has 3 heteroatoms. The smallest absolute Gasteiger partial charge is 0.122 e. The first-order valence-corrected chi connectivity index (χ1v) is 7.85. The Morgan fingerprint density at radius 2 is 2.15 bits per heavy atom. The van der Waals surface area contributed by atoms with Gasteiger partial charge in [0.05, 0.1) is 6.61 Å². The number of rotatable bonds is 7. The molecule has 0 aliphatic carbocycles. The van der Waals surface area contributed by atoms with E-state index in [9.17, 15) is 0 Å². The predicted octanol–water partition coefficient (Wildman–Crippen LogP) is 2.86. The van der Waals surface area contributed by atoms with Crippen molar-refractivity contribution < 1.29 is 4.74 Å². The van der Waals surface area contributed by atoms with Crippen LogP contribution < -0.4 is 10.5 Å². The van der Waals surface area contributed by atoms with Crippen molar-refractivity contribution in [2.75, 3.05) is 32.8 Å². The average Bonchev–Trinajstić information content (AvgIpc) is 2.44. The zero-order valence-electron chi connectivity index (χ0n) is 12.8. The first-order chi connectivity index (χ1) is 9.70. The standard InChI is InChI=1S/C17H28N2O/c1-14(2)12-19(10-5-9-18)13-15-8-11-20-17-7-4-3-6-16(15)17/h3-4,6-7,14-15H,5,8-13,18H2,1-2H3. The minimum Gasteiger partial charge on any atom is -0.493 e. The normalized spacial score (nSPS) is 18.1. The molecule has 112 valence electrons. The van der Waals surface area contributed by atoms with Crippen LogP contribution in [0.2, 0.25) is 0 Å². The SMILES string of the molecule is CC(C)CN(CCCN)CC1CCOc2ccccc21. The Hall–Kier alpha value is -1.06. The number of hydrogen-bond acceptors (Lipinski definition) is 3. The molecule has 1 aliphatic heterocycles. The van der Waals surface area contributed by atoms with Gasteiger partial charge in [0.2, 0.25) is 0 Å². The summed E-state index contributed by atoms with van der Waals surface area (Å²) in [6, 6.07) is 8.48. The molecule has 1 aliphatic rings. The second-order valence-electron chi connectivity index (χ2n) is 6.17. The highest BCUT2D eigenvalue weighted by atomic mass is 16.5. The lowest BCUT2D eigenvalue weighted by molar-refractivity contribution is 0.196. The second-order valence-corrected chi connectivity index (χ2v) is 6.17. The van der Waals surface area contributed by atoms with Gasteiger partial charge in [-0.2, -0.15) is 0 Å². The summed E-state index contributed by atoms with van der Waals surface area (Å²) in [7, 11) is 0. The van der Waals surface area contributed by atoms with Gasteiger partial charge in [0.15, 0.2) is 0 Å². The fourth-order valence-corrected chi connectivity index (χ4v) is 3.01. The van der Waals surface area contributed by atoms with Gasteiger partial charge in [-0.3, -0.25) is 0 Å². The molecule has 1 unspecified atom stereocenters. The molecule has 2 N–H and O–H groups in total. The van der Waals surface area contributed by atoms with Crippen LogP contribution >= 0.6 is 0 Å². The Bertz CT molecular complexity index is 406. The van der Waals surface area contributed by atoms with Gasteiger partial charge in [-0.25, -0.2) is 0 Å². The maximum absolute atomic E-state index is 5.76. The van der Waals surface area contributed by atoms with Crippen LogP contribution in [0.4, 0.5) is 0 Å². The van der Waals surface area contributed by atoms with E-state index < -0.39 is 0 Å². The molecule has 2 rings (SSSR count). The lowest BCUT2D eigenvalue weighted by Gasteiger charge is -2.32. The van der Waals surface area contributed by atoms with Gasteiger partial charge in [0.25, 0.3) is 0 Å². The quantitative estimate of drug-likeness (QED) is 0.832. The number of hydrogen-bond donors (Lipinski definition) is 1. The number of benzene rings is 1. The number of fused-ring (bicyclic) bond motifs is 1. The number of ether oxygens (including phenoxy) is 1. The molecule has 0 saturated heterocycles. The third kappa shape index (κ3) is 4.22. The van der Waals surface area contributed by atoms with Crippen molar-refractivity contribution in [3.05, 3.63) is 29.8 Å². The van der Waals surface area contributed by atoms with Crippen LogP contribution in [0.3, 0.4) is 0 Å². The van der Waals surface area contributed by atoms with Gasteiger partial charge >= 0.3 is 0 Å². The second kappa shape index (κ2) is 7.65. The first-order valence-electron chi connectivity index (χ1n) is 7.85. The van der Waals surface area contributed by atoms with Gasteiger partial charge in [0, 0.05) is 19.0 Å². The maximum atomic E-state index is 5.76. The van der Waals surface area contributed by atoms with Crippen molar-refractivity contribution in [3.8, 4) is 5.75 Å². The van der Waals surface area contributed by atoms with Crippen molar-refractivity contribution in [1.82, 2.24) is 4.90 Å². The van der Waals surface area contributed by atoms with E-state index in [4.69, 9.17) is 10.5 Å². The van der Waals surface area contributed by atoms with E-state index in [2.05, 4.69) is 43.0 Å². The Kier molecular flexibility index (Phi) is 5.86. The van der Waals surface area contributed by atoms with Crippen LogP contribution in [0, 0.1) is 5.92 Å². The van der Waals surface area contributed by atoms with Crippen molar-refractivity contribution in [1.29, 1.82) is 0 Å². The molecule has 0 amide bonds. The highest BCUT2D eigenvalue weighted by Gasteiger charge is 2.23. The highest BCUT2D eigenvalue weighted by molar-refractivity contribution is 5.37. The Morgan fingerprint density at radius 1 is 1.35 bits per heavy atom. The van der Waals surface area contributed by atoms with Crippen molar-refractivity contribution in [2.24, 2.45) is 11.7 Å². The molecule has 1 aromatic carbocycles. The Labute approximate surface area is 123 Å². The van der Waals surface area contributed by atoms with E-state index in [1.165, 1.54) is 5.56 Å². The summed E-state index contributed by atoms with van der Waals surface area (Å²) in [4.78, 5) is 2.57. The summed E-state index contributed by atoms with van der Waals surface area (Å²) in [6.45, 7) is 9.57. The Balaban J connectivity index is 2.03. The third-order valence-corrected chi connectivity index (χ3v) is 3.86. The van der Waals surface area contributed by atoms with E-state index in [0.29, 0.717) is 11.8 Å². The molecule has 0 radical (unpaired) electrons. The van der Waals surface area contributed by atoms with Gasteiger partial charge in [-0.05, 0) is 43.5 Å². The lowest BCUT2D eigenvalue weighted by Crippen LogP contribution is -2.35. The molecule has 20 heavy (non-hydrogen) atoms. The van der Waals surface area contributed by atoms with E-state index in [1.54, 1.807) is 0 Å². The zero-order chi connectivity index (χ0) is 14.4. The fraction of sp³-hybridized carbons (Fsp3) is 0.647. The van der Waals surface area contributed by atoms with E-state index in [1.807, 2.05) is 0 Å². The number of nitrogens with two attached hydrogens (primary N) is 1. The van der Waals surface area contributed by atoms with E-state index in [0.717, 1.165) is 51.4 Å². The molecular weight excluding hydrogens is 248 g/mol. The van der Waals surface area contributed by atoms with E-state index in [-0.39, 0.29) is 0 Å². The molecule has 1 aromatic rings. The van der Waals surface area contributed by atoms with Crippen LogP contribution in [-0.2, 0) is 0 Å². The van der Waals surface area contributed by atoms with Gasteiger partial charge < -0.3 is 15.4 Å². The summed E-state index contributed by atoms with van der Waals surface area (Å²) in [5, 5.41) is 0. The third-order valence-electron chi connectivity index (χ3n) is 3.86. The summed E-state index contributed by atoms with van der Waals surface area (Å²) in [6.07, 6.45) is 2.20. The molecule has 1 atom stereocenters. The molecule has 0 aromatic heterocycles. The van der Waals surface area contributed by atoms with Crippen molar-refractivity contribution in [2.45, 2.75) is 32.6 Å². The van der Waals surface area contributed by atoms with Crippen LogP contribution in [0.1, 0.15) is 38.2 Å². The van der Waals surface area contributed by atoms with Crippen LogP contribution in [-0.4, -0.2) is 37.7 Å². The molecule has 0 fully saturated rings. The van der Waals surface area contributed by atoms with Gasteiger partial charge in [-0.15, -0.1) is 0 Å². The number of para-hydroxylation sites is 1. The lowest BCUT2D eigenvalue weighted by atomic mass is 9.92. The van der Waals surface area contributed by atoms with Crippen LogP contribution in [0.5, 0.6) is 5.75 Å². The summed E-state index contributed by atoms with van der Waals surface area (Å²) >= 11 is 0. The highest BCUT2D eigenvalue weighted by Crippen LogP contribution is 2.33. The molecule has 0 spiro atoms. The molecule has 1 heterocycles. The topological polar surface area (TPSA) is 38.5 Å². The monoisotopic (exact) mass is 276 g/mol. The van der Waals surface area contributed by atoms with Gasteiger partial charge in [0.1, 0.15) is 5.75 Å². The molecule has 0 bridgehead atoms. The maximum Gasteiger partial charge on any atom is 0.122 e. The minimum absolute atomic E-state index is 0.594. The van der Waals surface area contributed by atoms with E-state index >= 15 is 0 Å². The largest absolute Gasteiger partial charge is 0.493 e. The first kappa shape index (κ1) is 15.3. The van der Waals surface area contributed by atoms with Crippen molar-refractivity contribution in [3.63, 3.8) is 0 Å². The van der Waals surface area contributed by atoms with Crippen LogP contribution in [0.15, 0.2) is 24.3 Å². The average molecular weight is 276 g/mol. The number of nitrogens with zero attached hydrogens (tertiary/aromatic N) is 1. The molecular formula is C17H28N2O. The molecule has 3 nitrogen and oxygen atoms in total. The summed E-state index contributed by atoms with van der Waals surface area (Å²) < 4.78 is 5.76. The Morgan fingerprint density at radius 3 is 2.90 bits per heavy atom. The van der Waals surface area contributed by atoms with Crippen LogP contribution in [0.25, 0.3) is 0 Å². The zero-order valence-corrected chi connectivity index (χ0v) is 12.8. The predicted molar refractivity (Wildman–Crippen MR) is 84.2 cm³/mol.